The summed E-state index contributed by atoms with van der Waals surface area (Å²) in [5.41, 5.74) is 0.961. The minimum absolute atomic E-state index is 0.0450. The molecule has 122 valence electrons. The molecule has 1 aromatic heterocycles. The number of likely N-dealkylation sites (tertiary alicyclic amines) is 1. The number of carbonyl (C=O) groups is 1. The number of benzene rings is 1. The molecule has 6 heteroatoms. The van der Waals surface area contributed by atoms with Crippen LogP contribution in [0, 0.1) is 0 Å². The first-order chi connectivity index (χ1) is 11.1. The van der Waals surface area contributed by atoms with Crippen molar-refractivity contribution >= 4 is 21.8 Å². The summed E-state index contributed by atoms with van der Waals surface area (Å²) in [7, 11) is 3.26. The van der Waals surface area contributed by atoms with E-state index in [1.165, 1.54) is 0 Å². The fourth-order valence-electron chi connectivity index (χ4n) is 3.00. The Morgan fingerprint density at radius 1 is 1.26 bits per heavy atom. The third-order valence-electron chi connectivity index (χ3n) is 4.09. The molecule has 1 saturated heterocycles. The van der Waals surface area contributed by atoms with Crippen LogP contribution in [-0.2, 0) is 0 Å². The number of nitrogens with zero attached hydrogens (tertiary/aromatic N) is 1. The molecule has 0 radical (unpaired) electrons. The summed E-state index contributed by atoms with van der Waals surface area (Å²) in [5, 5.41) is 0. The molecule has 0 saturated carbocycles. The number of methoxy groups -OCH3 is 2. The Balaban J connectivity index is 1.94. The highest BCUT2D eigenvalue weighted by molar-refractivity contribution is 9.10. The van der Waals surface area contributed by atoms with E-state index >= 15 is 0 Å². The average Bonchev–Trinajstić information content (AvgIpc) is 3.22. The van der Waals surface area contributed by atoms with Crippen LogP contribution in [0.15, 0.2) is 39.4 Å². The van der Waals surface area contributed by atoms with E-state index in [9.17, 15) is 4.79 Å². The summed E-state index contributed by atoms with van der Waals surface area (Å²) in [5.74, 6) is 1.74. The van der Waals surface area contributed by atoms with Crippen LogP contribution in [0.25, 0.3) is 0 Å². The quantitative estimate of drug-likeness (QED) is 0.804. The molecule has 0 N–H and O–H groups in total. The summed E-state index contributed by atoms with van der Waals surface area (Å²) >= 11 is 3.24. The molecule has 0 aliphatic carbocycles. The molecular weight excluding hydrogens is 362 g/mol. The van der Waals surface area contributed by atoms with Crippen molar-refractivity contribution in [1.29, 1.82) is 0 Å². The molecule has 1 aliphatic heterocycles. The van der Waals surface area contributed by atoms with Crippen LogP contribution < -0.4 is 9.47 Å². The lowest BCUT2D eigenvalue weighted by molar-refractivity contribution is 0.0700. The molecule has 0 bridgehead atoms. The van der Waals surface area contributed by atoms with E-state index in [4.69, 9.17) is 13.9 Å². The van der Waals surface area contributed by atoms with E-state index in [-0.39, 0.29) is 11.9 Å². The summed E-state index contributed by atoms with van der Waals surface area (Å²) in [4.78, 5) is 14.6. The van der Waals surface area contributed by atoms with Crippen LogP contribution in [0.2, 0.25) is 0 Å². The predicted octanol–water partition coefficient (Wildman–Crippen LogP) is 4.04. The lowest BCUT2D eigenvalue weighted by atomic mass is 10.0. The van der Waals surface area contributed by atoms with Gasteiger partial charge in [-0.2, -0.15) is 0 Å². The third kappa shape index (κ3) is 3.08. The van der Waals surface area contributed by atoms with Crippen molar-refractivity contribution in [3.63, 3.8) is 0 Å². The monoisotopic (exact) mass is 379 g/mol. The molecular formula is C17H18BrNO4. The molecule has 2 aromatic rings. The molecule has 1 aliphatic rings. The number of furan rings is 1. The van der Waals surface area contributed by atoms with Gasteiger partial charge in [0.2, 0.25) is 0 Å². The molecule has 23 heavy (non-hydrogen) atoms. The van der Waals surface area contributed by atoms with E-state index in [1.807, 2.05) is 23.1 Å². The van der Waals surface area contributed by atoms with Gasteiger partial charge in [-0.3, -0.25) is 4.79 Å². The molecule has 2 heterocycles. The number of ether oxygens (including phenoxy) is 2. The number of carbonyl (C=O) groups excluding carboxylic acids is 1. The fourth-order valence-corrected chi connectivity index (χ4v) is 3.31. The van der Waals surface area contributed by atoms with E-state index < -0.39 is 0 Å². The Morgan fingerprint density at radius 3 is 2.74 bits per heavy atom. The smallest absolute Gasteiger partial charge is 0.290 e. The lowest BCUT2D eigenvalue weighted by Crippen LogP contribution is -2.30. The Bertz CT molecular complexity index is 712. The highest BCUT2D eigenvalue weighted by atomic mass is 79.9. The standard InChI is InChI=1S/C17H18BrNO4/c1-21-11-5-6-14(22-2)12(10-11)13-4-3-9-19(13)17(20)15-7-8-16(18)23-15/h5-8,10,13H,3-4,9H2,1-2H3. The zero-order valence-corrected chi connectivity index (χ0v) is 14.6. The van der Waals surface area contributed by atoms with Crippen molar-refractivity contribution in [1.82, 2.24) is 4.90 Å². The van der Waals surface area contributed by atoms with Gasteiger partial charge in [0.25, 0.3) is 5.91 Å². The highest BCUT2D eigenvalue weighted by Crippen LogP contribution is 2.39. The van der Waals surface area contributed by atoms with Gasteiger partial charge in [-0.1, -0.05) is 0 Å². The van der Waals surface area contributed by atoms with Crippen LogP contribution in [0.5, 0.6) is 11.5 Å². The van der Waals surface area contributed by atoms with Gasteiger partial charge in [-0.15, -0.1) is 0 Å². The second-order valence-corrected chi connectivity index (χ2v) is 6.15. The second-order valence-electron chi connectivity index (χ2n) is 5.37. The summed E-state index contributed by atoms with van der Waals surface area (Å²) < 4.78 is 16.7. The summed E-state index contributed by atoms with van der Waals surface area (Å²) in [6.07, 6.45) is 1.83. The minimum Gasteiger partial charge on any atom is -0.497 e. The van der Waals surface area contributed by atoms with Crippen LogP contribution in [-0.4, -0.2) is 31.6 Å². The summed E-state index contributed by atoms with van der Waals surface area (Å²) in [6, 6.07) is 9.03. The van der Waals surface area contributed by atoms with Gasteiger partial charge >= 0.3 is 0 Å². The number of halogens is 1. The average molecular weight is 380 g/mol. The van der Waals surface area contributed by atoms with E-state index in [2.05, 4.69) is 15.9 Å². The van der Waals surface area contributed by atoms with Crippen molar-refractivity contribution in [2.75, 3.05) is 20.8 Å². The zero-order chi connectivity index (χ0) is 16.4. The van der Waals surface area contributed by atoms with Crippen molar-refractivity contribution < 1.29 is 18.7 Å². The summed E-state index contributed by atoms with van der Waals surface area (Å²) in [6.45, 7) is 0.697. The van der Waals surface area contributed by atoms with Gasteiger partial charge in [0.1, 0.15) is 11.5 Å². The lowest BCUT2D eigenvalue weighted by Gasteiger charge is -2.26. The SMILES string of the molecule is COc1ccc(OC)c(C2CCCN2C(=O)c2ccc(Br)o2)c1. The van der Waals surface area contributed by atoms with Crippen LogP contribution in [0.1, 0.15) is 35.0 Å². The highest BCUT2D eigenvalue weighted by Gasteiger charge is 2.34. The van der Waals surface area contributed by atoms with Gasteiger partial charge in [-0.25, -0.2) is 0 Å². The van der Waals surface area contributed by atoms with E-state index in [0.29, 0.717) is 17.0 Å². The normalized spacial score (nSPS) is 17.3. The predicted molar refractivity (Wildman–Crippen MR) is 89.0 cm³/mol. The van der Waals surface area contributed by atoms with Gasteiger partial charge in [0.05, 0.1) is 20.3 Å². The fraction of sp³-hybridized carbons (Fsp3) is 0.353. The Hall–Kier alpha value is -1.95. The number of hydrogen-bond acceptors (Lipinski definition) is 4. The van der Waals surface area contributed by atoms with Gasteiger partial charge < -0.3 is 18.8 Å². The maximum absolute atomic E-state index is 12.7. The Morgan fingerprint density at radius 2 is 2.09 bits per heavy atom. The van der Waals surface area contributed by atoms with E-state index in [0.717, 1.165) is 29.9 Å². The van der Waals surface area contributed by atoms with Gasteiger partial charge in [0.15, 0.2) is 10.4 Å². The van der Waals surface area contributed by atoms with Crippen molar-refractivity contribution in [2.45, 2.75) is 18.9 Å². The number of amides is 1. The molecule has 1 amide bonds. The molecule has 1 atom stereocenters. The molecule has 1 unspecified atom stereocenters. The minimum atomic E-state index is -0.108. The van der Waals surface area contributed by atoms with Crippen LogP contribution in [0.4, 0.5) is 0 Å². The topological polar surface area (TPSA) is 51.9 Å². The largest absolute Gasteiger partial charge is 0.497 e. The first-order valence-electron chi connectivity index (χ1n) is 7.42. The number of hydrogen-bond donors (Lipinski definition) is 0. The van der Waals surface area contributed by atoms with Crippen molar-refractivity contribution in [3.8, 4) is 11.5 Å². The van der Waals surface area contributed by atoms with Crippen LogP contribution in [0.3, 0.4) is 0 Å². The molecule has 5 nitrogen and oxygen atoms in total. The molecule has 1 aromatic carbocycles. The first kappa shape index (κ1) is 15.9. The molecule has 3 rings (SSSR count). The first-order valence-corrected chi connectivity index (χ1v) is 8.21. The maximum atomic E-state index is 12.7. The number of rotatable bonds is 4. The zero-order valence-electron chi connectivity index (χ0n) is 13.0. The Kier molecular flexibility index (Phi) is 4.61. The third-order valence-corrected chi connectivity index (χ3v) is 4.52. The Labute approximate surface area is 143 Å². The van der Waals surface area contributed by atoms with E-state index in [1.54, 1.807) is 26.4 Å². The maximum Gasteiger partial charge on any atom is 0.290 e. The van der Waals surface area contributed by atoms with Gasteiger partial charge in [-0.05, 0) is 59.1 Å². The van der Waals surface area contributed by atoms with Crippen LogP contribution >= 0.6 is 15.9 Å². The molecule has 1 fully saturated rings. The van der Waals surface area contributed by atoms with Crippen molar-refractivity contribution in [3.05, 3.63) is 46.3 Å². The molecule has 0 spiro atoms. The van der Waals surface area contributed by atoms with Crippen molar-refractivity contribution in [2.24, 2.45) is 0 Å². The van der Waals surface area contributed by atoms with Gasteiger partial charge in [0, 0.05) is 12.1 Å². The second kappa shape index (κ2) is 6.66.